The normalized spacial score (nSPS) is 11.6. The van der Waals surface area contributed by atoms with Gasteiger partial charge in [-0.2, -0.15) is 0 Å². The highest BCUT2D eigenvalue weighted by molar-refractivity contribution is 8.00. The van der Waals surface area contributed by atoms with Crippen LogP contribution in [0.3, 0.4) is 0 Å². The summed E-state index contributed by atoms with van der Waals surface area (Å²) in [6.45, 7) is 0. The number of anilines is 2. The first-order chi connectivity index (χ1) is 18.0. The molecule has 1 unspecified atom stereocenters. The molecule has 0 heterocycles. The summed E-state index contributed by atoms with van der Waals surface area (Å²) in [4.78, 5) is 26.6. The van der Waals surface area contributed by atoms with Crippen LogP contribution in [0.25, 0.3) is 6.08 Å². The van der Waals surface area contributed by atoms with Crippen molar-refractivity contribution in [3.63, 3.8) is 0 Å². The van der Waals surface area contributed by atoms with Crippen molar-refractivity contribution >= 4 is 52.6 Å². The summed E-state index contributed by atoms with van der Waals surface area (Å²) in [5.41, 5.74) is 2.97. The Hall–Kier alpha value is -4.00. The molecule has 0 bridgehead atoms. The molecule has 0 radical (unpaired) electrons. The van der Waals surface area contributed by atoms with Crippen LogP contribution in [0, 0.1) is 0 Å². The van der Waals surface area contributed by atoms with Crippen molar-refractivity contribution in [3.8, 4) is 5.75 Å². The molecule has 0 saturated heterocycles. The average molecular weight is 529 g/mol. The fourth-order valence-corrected chi connectivity index (χ4v) is 4.75. The lowest BCUT2D eigenvalue weighted by molar-refractivity contribution is -0.116. The summed E-state index contributed by atoms with van der Waals surface area (Å²) in [6.07, 6.45) is 3.26. The molecule has 0 aliphatic carbocycles. The maximum Gasteiger partial charge on any atom is 0.248 e. The van der Waals surface area contributed by atoms with Crippen LogP contribution < -0.4 is 15.4 Å². The van der Waals surface area contributed by atoms with E-state index in [0.717, 1.165) is 16.0 Å². The molecule has 4 aromatic carbocycles. The first kappa shape index (κ1) is 26.1. The van der Waals surface area contributed by atoms with Crippen LogP contribution >= 0.6 is 23.4 Å². The Labute approximate surface area is 225 Å². The van der Waals surface area contributed by atoms with Gasteiger partial charge in [-0.05, 0) is 59.7 Å². The molecule has 4 aromatic rings. The zero-order valence-electron chi connectivity index (χ0n) is 20.1. The third-order valence-corrected chi connectivity index (χ3v) is 6.86. The van der Waals surface area contributed by atoms with Crippen molar-refractivity contribution in [3.05, 3.63) is 125 Å². The largest absolute Gasteiger partial charge is 0.495 e. The smallest absolute Gasteiger partial charge is 0.248 e. The predicted molar refractivity (Wildman–Crippen MR) is 152 cm³/mol. The zero-order chi connectivity index (χ0) is 26.0. The first-order valence-corrected chi connectivity index (χ1v) is 12.8. The second-order valence-electron chi connectivity index (χ2n) is 8.00. The van der Waals surface area contributed by atoms with Gasteiger partial charge in [0.15, 0.2) is 0 Å². The number of carbonyl (C=O) groups excluding carboxylic acids is 2. The molecular formula is C30H25ClN2O3S. The van der Waals surface area contributed by atoms with E-state index in [4.69, 9.17) is 16.3 Å². The van der Waals surface area contributed by atoms with E-state index in [9.17, 15) is 9.59 Å². The van der Waals surface area contributed by atoms with Crippen LogP contribution in [0.5, 0.6) is 5.75 Å². The molecule has 0 fully saturated rings. The summed E-state index contributed by atoms with van der Waals surface area (Å²) in [6, 6.07) is 31.6. The summed E-state index contributed by atoms with van der Waals surface area (Å²) in [5.74, 6) is 0.0948. The molecule has 0 saturated carbocycles. The second kappa shape index (κ2) is 12.8. The van der Waals surface area contributed by atoms with Crippen molar-refractivity contribution < 1.29 is 14.3 Å². The molecule has 186 valence electrons. The van der Waals surface area contributed by atoms with Crippen molar-refractivity contribution in [1.29, 1.82) is 0 Å². The Bertz CT molecular complexity index is 1380. The monoisotopic (exact) mass is 528 g/mol. The lowest BCUT2D eigenvalue weighted by atomic mass is 10.1. The molecule has 0 spiro atoms. The van der Waals surface area contributed by atoms with Crippen LogP contribution in [0.4, 0.5) is 11.4 Å². The van der Waals surface area contributed by atoms with E-state index in [2.05, 4.69) is 10.6 Å². The highest BCUT2D eigenvalue weighted by atomic mass is 35.5. The highest BCUT2D eigenvalue weighted by Crippen LogP contribution is 2.38. The fraction of sp³-hybridized carbons (Fsp3) is 0.0667. The van der Waals surface area contributed by atoms with Gasteiger partial charge in [0.25, 0.3) is 0 Å². The van der Waals surface area contributed by atoms with Gasteiger partial charge in [0.1, 0.15) is 11.0 Å². The third kappa shape index (κ3) is 7.49. The molecule has 0 aliphatic heterocycles. The number of benzene rings is 4. The van der Waals surface area contributed by atoms with Gasteiger partial charge >= 0.3 is 0 Å². The van der Waals surface area contributed by atoms with Gasteiger partial charge in [0, 0.05) is 21.7 Å². The Morgan fingerprint density at radius 2 is 1.54 bits per heavy atom. The SMILES string of the molecule is COc1ccc(Cl)cc1NC(=O)C(Sc1ccc(NC(=O)/C=C/c2ccccc2)cc1)c1ccccc1. The number of hydrogen-bond acceptors (Lipinski definition) is 4. The Balaban J connectivity index is 1.47. The van der Waals surface area contributed by atoms with Crippen LogP contribution in [-0.4, -0.2) is 18.9 Å². The van der Waals surface area contributed by atoms with E-state index < -0.39 is 5.25 Å². The zero-order valence-corrected chi connectivity index (χ0v) is 21.6. The lowest BCUT2D eigenvalue weighted by Crippen LogP contribution is -2.19. The minimum absolute atomic E-state index is 0.208. The lowest BCUT2D eigenvalue weighted by Gasteiger charge is -2.18. The van der Waals surface area contributed by atoms with Gasteiger partial charge in [-0.3, -0.25) is 9.59 Å². The quantitative estimate of drug-likeness (QED) is 0.175. The van der Waals surface area contributed by atoms with Gasteiger partial charge in [-0.1, -0.05) is 72.3 Å². The van der Waals surface area contributed by atoms with Gasteiger partial charge in [0.2, 0.25) is 11.8 Å². The van der Waals surface area contributed by atoms with Gasteiger partial charge in [-0.15, -0.1) is 11.8 Å². The highest BCUT2D eigenvalue weighted by Gasteiger charge is 2.23. The number of halogens is 1. The number of thioether (sulfide) groups is 1. The Kier molecular flexibility index (Phi) is 9.03. The van der Waals surface area contributed by atoms with Crippen LogP contribution in [0.15, 0.2) is 114 Å². The number of carbonyl (C=O) groups is 2. The van der Waals surface area contributed by atoms with Crippen molar-refractivity contribution in [1.82, 2.24) is 0 Å². The molecule has 4 rings (SSSR count). The topological polar surface area (TPSA) is 67.4 Å². The number of rotatable bonds is 9. The number of nitrogens with one attached hydrogen (secondary N) is 2. The summed E-state index contributed by atoms with van der Waals surface area (Å²) >= 11 is 7.55. The van der Waals surface area contributed by atoms with Crippen molar-refractivity contribution in [2.24, 2.45) is 0 Å². The maximum absolute atomic E-state index is 13.4. The maximum atomic E-state index is 13.4. The molecule has 7 heteroatoms. The number of methoxy groups -OCH3 is 1. The molecule has 5 nitrogen and oxygen atoms in total. The predicted octanol–water partition coefficient (Wildman–Crippen LogP) is 7.47. The molecule has 0 aromatic heterocycles. The van der Waals surface area contributed by atoms with Crippen LogP contribution in [0.2, 0.25) is 5.02 Å². The molecule has 37 heavy (non-hydrogen) atoms. The summed E-state index contributed by atoms with van der Waals surface area (Å²) in [5, 5.41) is 5.78. The number of amides is 2. The number of hydrogen-bond donors (Lipinski definition) is 2. The van der Waals surface area contributed by atoms with E-state index in [1.54, 1.807) is 31.4 Å². The second-order valence-corrected chi connectivity index (χ2v) is 9.62. The number of ether oxygens (including phenoxy) is 1. The Morgan fingerprint density at radius 1 is 0.865 bits per heavy atom. The molecular weight excluding hydrogens is 504 g/mol. The van der Waals surface area contributed by atoms with E-state index in [1.165, 1.54) is 17.8 Å². The van der Waals surface area contributed by atoms with Crippen molar-refractivity contribution in [2.75, 3.05) is 17.7 Å². The van der Waals surface area contributed by atoms with Crippen molar-refractivity contribution in [2.45, 2.75) is 10.1 Å². The Morgan fingerprint density at radius 3 is 2.22 bits per heavy atom. The molecule has 1 atom stereocenters. The van der Waals surface area contributed by atoms with Gasteiger partial charge < -0.3 is 15.4 Å². The summed E-state index contributed by atoms with van der Waals surface area (Å²) in [7, 11) is 1.54. The van der Waals surface area contributed by atoms with E-state index in [0.29, 0.717) is 22.1 Å². The fourth-order valence-electron chi connectivity index (χ4n) is 3.55. The first-order valence-electron chi connectivity index (χ1n) is 11.5. The van der Waals surface area contributed by atoms with E-state index in [1.807, 2.05) is 84.9 Å². The van der Waals surface area contributed by atoms with E-state index in [-0.39, 0.29) is 11.8 Å². The van der Waals surface area contributed by atoms with E-state index >= 15 is 0 Å². The van der Waals surface area contributed by atoms with Crippen LogP contribution in [0.1, 0.15) is 16.4 Å². The summed E-state index contributed by atoms with van der Waals surface area (Å²) < 4.78 is 5.37. The molecule has 2 amide bonds. The molecule has 0 aliphatic rings. The standard InChI is InChI=1S/C30H25ClN2O3S/c1-36-27-18-13-23(31)20-26(27)33-30(35)29(22-10-6-3-7-11-22)37-25-16-14-24(15-17-25)32-28(34)19-12-21-8-4-2-5-9-21/h2-20,29H,1H3,(H,32,34)(H,33,35)/b19-12+. The molecule has 2 N–H and O–H groups in total. The average Bonchev–Trinajstić information content (AvgIpc) is 2.92. The van der Waals surface area contributed by atoms with Crippen LogP contribution in [-0.2, 0) is 9.59 Å². The minimum atomic E-state index is -0.529. The van der Waals surface area contributed by atoms with Gasteiger partial charge in [0.05, 0.1) is 12.8 Å². The third-order valence-electron chi connectivity index (χ3n) is 5.36. The minimum Gasteiger partial charge on any atom is -0.495 e. The van der Waals surface area contributed by atoms with Gasteiger partial charge in [-0.25, -0.2) is 0 Å².